The molecule has 0 radical (unpaired) electrons. The monoisotopic (exact) mass is 367 g/mol. The zero-order chi connectivity index (χ0) is 20.5. The molecule has 1 N–H and O–H groups in total. The Morgan fingerprint density at radius 1 is 0.885 bits per heavy atom. The minimum absolute atomic E-state index is 0.284. The van der Waals surface area contributed by atoms with E-state index in [9.17, 15) is 14.4 Å². The lowest BCUT2D eigenvalue weighted by Gasteiger charge is -2.21. The largest absolute Gasteiger partial charge is 0.465 e. The van der Waals surface area contributed by atoms with Crippen LogP contribution in [-0.2, 0) is 14.2 Å². The van der Waals surface area contributed by atoms with Crippen LogP contribution in [0.25, 0.3) is 0 Å². The number of carbonyl (C=O) groups excluding carboxylic acids is 3. The maximum absolute atomic E-state index is 11.1. The molecule has 0 saturated heterocycles. The second-order valence-electron chi connectivity index (χ2n) is 7.49. The maximum atomic E-state index is 11.1. The van der Waals surface area contributed by atoms with Gasteiger partial charge in [0.15, 0.2) is 0 Å². The standard InChI is InChI=1S/C10H19NO4.C9H10O2/c1-9(2,3)14-7(12)11-8(13)15-10(4,5)6;1-7-4-3-5-8(6-7)9(10)11-2/h1-6H3,(H,11,12,13);3-6H,1-2H3. The van der Waals surface area contributed by atoms with Crippen LogP contribution >= 0.6 is 0 Å². The number of benzene rings is 1. The SMILES string of the molecule is CC(C)(C)OC(=O)NC(=O)OC(C)(C)C.COC(=O)c1cccc(C)c1. The van der Waals surface area contributed by atoms with Gasteiger partial charge in [-0.05, 0) is 60.6 Å². The Balaban J connectivity index is 0.000000502. The number of methoxy groups -OCH3 is 1. The van der Waals surface area contributed by atoms with E-state index < -0.39 is 23.4 Å². The minimum Gasteiger partial charge on any atom is -0.465 e. The van der Waals surface area contributed by atoms with Crippen LogP contribution in [0.5, 0.6) is 0 Å². The van der Waals surface area contributed by atoms with Gasteiger partial charge < -0.3 is 14.2 Å². The molecular weight excluding hydrogens is 338 g/mol. The molecule has 0 bridgehead atoms. The number of carbonyl (C=O) groups is 3. The smallest absolute Gasteiger partial charge is 0.417 e. The first kappa shape index (κ1) is 23.4. The highest BCUT2D eigenvalue weighted by molar-refractivity contribution is 5.89. The number of aryl methyl sites for hydroxylation is 1. The summed E-state index contributed by atoms with van der Waals surface area (Å²) in [5.74, 6) is -0.284. The van der Waals surface area contributed by atoms with Crippen molar-refractivity contribution in [1.82, 2.24) is 5.32 Å². The molecule has 26 heavy (non-hydrogen) atoms. The van der Waals surface area contributed by atoms with Crippen molar-refractivity contribution in [3.05, 3.63) is 35.4 Å². The van der Waals surface area contributed by atoms with Gasteiger partial charge >= 0.3 is 18.2 Å². The molecule has 0 spiro atoms. The second kappa shape index (κ2) is 9.79. The Morgan fingerprint density at radius 2 is 1.35 bits per heavy atom. The summed E-state index contributed by atoms with van der Waals surface area (Å²) in [6.45, 7) is 12.2. The summed E-state index contributed by atoms with van der Waals surface area (Å²) in [6.07, 6.45) is -1.62. The lowest BCUT2D eigenvalue weighted by atomic mass is 10.1. The van der Waals surface area contributed by atoms with E-state index in [1.54, 1.807) is 53.7 Å². The third-order valence-electron chi connectivity index (χ3n) is 2.44. The normalized spacial score (nSPS) is 10.8. The highest BCUT2D eigenvalue weighted by atomic mass is 16.6. The van der Waals surface area contributed by atoms with Crippen LogP contribution in [0, 0.1) is 6.92 Å². The topological polar surface area (TPSA) is 90.9 Å². The highest BCUT2D eigenvalue weighted by Crippen LogP contribution is 2.09. The molecule has 0 unspecified atom stereocenters. The number of hydrogen-bond donors (Lipinski definition) is 1. The quantitative estimate of drug-likeness (QED) is 0.590. The number of ether oxygens (including phenoxy) is 3. The molecule has 0 aliphatic rings. The lowest BCUT2D eigenvalue weighted by Crippen LogP contribution is -2.39. The number of rotatable bonds is 1. The molecule has 0 heterocycles. The molecule has 1 rings (SSSR count). The molecule has 0 saturated carbocycles. The molecule has 0 atom stereocenters. The molecule has 0 aliphatic carbocycles. The van der Waals surface area contributed by atoms with Crippen molar-refractivity contribution in [2.75, 3.05) is 7.11 Å². The summed E-state index contributed by atoms with van der Waals surface area (Å²) >= 11 is 0. The van der Waals surface area contributed by atoms with Crippen LogP contribution in [0.3, 0.4) is 0 Å². The Kier molecular flexibility index (Phi) is 8.83. The molecule has 0 aromatic heterocycles. The summed E-state index contributed by atoms with van der Waals surface area (Å²) < 4.78 is 14.3. The Morgan fingerprint density at radius 3 is 1.69 bits per heavy atom. The van der Waals surface area contributed by atoms with Crippen LogP contribution in [0.15, 0.2) is 24.3 Å². The average Bonchev–Trinajstić information content (AvgIpc) is 2.42. The molecule has 0 fully saturated rings. The van der Waals surface area contributed by atoms with Crippen molar-refractivity contribution < 1.29 is 28.6 Å². The number of esters is 1. The van der Waals surface area contributed by atoms with Crippen LogP contribution in [0.4, 0.5) is 9.59 Å². The number of hydrogen-bond acceptors (Lipinski definition) is 6. The van der Waals surface area contributed by atoms with Crippen molar-refractivity contribution >= 4 is 18.2 Å². The molecule has 146 valence electrons. The second-order valence-corrected chi connectivity index (χ2v) is 7.49. The van der Waals surface area contributed by atoms with Crippen molar-refractivity contribution in [2.45, 2.75) is 59.7 Å². The van der Waals surface area contributed by atoms with Gasteiger partial charge in [0.2, 0.25) is 0 Å². The van der Waals surface area contributed by atoms with Gasteiger partial charge in [-0.15, -0.1) is 0 Å². The number of alkyl carbamates (subject to hydrolysis) is 2. The average molecular weight is 367 g/mol. The third-order valence-corrected chi connectivity index (χ3v) is 2.44. The van der Waals surface area contributed by atoms with E-state index in [0.717, 1.165) is 5.56 Å². The van der Waals surface area contributed by atoms with E-state index >= 15 is 0 Å². The molecule has 1 aromatic carbocycles. The Labute approximate surface area is 155 Å². The van der Waals surface area contributed by atoms with Gasteiger partial charge in [0.25, 0.3) is 0 Å². The molecule has 2 amide bonds. The summed E-state index contributed by atoms with van der Waals surface area (Å²) in [5, 5.41) is 1.97. The van der Waals surface area contributed by atoms with Crippen LogP contribution in [0.2, 0.25) is 0 Å². The zero-order valence-electron chi connectivity index (χ0n) is 16.8. The number of nitrogens with one attached hydrogen (secondary N) is 1. The Hall–Kier alpha value is -2.57. The summed E-state index contributed by atoms with van der Waals surface area (Å²) in [7, 11) is 1.38. The van der Waals surface area contributed by atoms with E-state index in [1.165, 1.54) is 7.11 Å². The van der Waals surface area contributed by atoms with Gasteiger partial charge in [-0.2, -0.15) is 0 Å². The zero-order valence-corrected chi connectivity index (χ0v) is 16.8. The van der Waals surface area contributed by atoms with Gasteiger partial charge in [0, 0.05) is 0 Å². The van der Waals surface area contributed by atoms with E-state index in [1.807, 2.05) is 24.4 Å². The molecular formula is C19H29NO6. The molecule has 0 aliphatic heterocycles. The van der Waals surface area contributed by atoms with Crippen molar-refractivity contribution in [2.24, 2.45) is 0 Å². The van der Waals surface area contributed by atoms with E-state index in [-0.39, 0.29) is 5.97 Å². The van der Waals surface area contributed by atoms with Gasteiger partial charge in [-0.3, -0.25) is 0 Å². The first-order valence-electron chi connectivity index (χ1n) is 8.11. The summed E-state index contributed by atoms with van der Waals surface area (Å²) in [5.41, 5.74) is 0.401. The summed E-state index contributed by atoms with van der Waals surface area (Å²) in [4.78, 5) is 33.2. The highest BCUT2D eigenvalue weighted by Gasteiger charge is 2.21. The molecule has 1 aromatic rings. The Bertz CT molecular complexity index is 600. The molecule has 7 heteroatoms. The predicted molar refractivity (Wildman–Crippen MR) is 98.1 cm³/mol. The fourth-order valence-electron chi connectivity index (χ4n) is 1.58. The third kappa shape index (κ3) is 11.9. The maximum Gasteiger partial charge on any atom is 0.417 e. The van der Waals surface area contributed by atoms with Crippen LogP contribution in [0.1, 0.15) is 57.5 Å². The molecule has 7 nitrogen and oxygen atoms in total. The van der Waals surface area contributed by atoms with Crippen LogP contribution in [-0.4, -0.2) is 36.5 Å². The number of imide groups is 1. The first-order chi connectivity index (χ1) is 11.7. The van der Waals surface area contributed by atoms with Gasteiger partial charge in [-0.25, -0.2) is 19.7 Å². The minimum atomic E-state index is -0.809. The van der Waals surface area contributed by atoms with Crippen LogP contribution < -0.4 is 5.32 Å². The van der Waals surface area contributed by atoms with Crippen molar-refractivity contribution in [3.63, 3.8) is 0 Å². The van der Waals surface area contributed by atoms with E-state index in [2.05, 4.69) is 4.74 Å². The number of amides is 2. The van der Waals surface area contributed by atoms with Crippen molar-refractivity contribution in [3.8, 4) is 0 Å². The van der Waals surface area contributed by atoms with E-state index in [0.29, 0.717) is 5.56 Å². The van der Waals surface area contributed by atoms with Crippen molar-refractivity contribution in [1.29, 1.82) is 0 Å². The van der Waals surface area contributed by atoms with Gasteiger partial charge in [0.1, 0.15) is 11.2 Å². The fraction of sp³-hybridized carbons (Fsp3) is 0.526. The van der Waals surface area contributed by atoms with E-state index in [4.69, 9.17) is 9.47 Å². The summed E-state index contributed by atoms with van der Waals surface area (Å²) in [6, 6.07) is 7.30. The van der Waals surface area contributed by atoms with Gasteiger partial charge in [0.05, 0.1) is 12.7 Å². The first-order valence-corrected chi connectivity index (χ1v) is 8.11. The lowest BCUT2D eigenvalue weighted by molar-refractivity contribution is 0.0352. The predicted octanol–water partition coefficient (Wildman–Crippen LogP) is 4.23. The fourth-order valence-corrected chi connectivity index (χ4v) is 1.58. The van der Waals surface area contributed by atoms with Gasteiger partial charge in [-0.1, -0.05) is 17.7 Å².